The molecule has 0 bridgehead atoms. The first-order valence-electron chi connectivity index (χ1n) is 11.1. The Balaban J connectivity index is 2.01. The van der Waals surface area contributed by atoms with Crippen molar-refractivity contribution in [3.63, 3.8) is 0 Å². The molecule has 4 nitrogen and oxygen atoms in total. The molecule has 0 radical (unpaired) electrons. The molecule has 0 atom stereocenters. The van der Waals surface area contributed by atoms with Crippen LogP contribution in [-0.2, 0) is 11.8 Å². The number of benzene rings is 3. The van der Waals surface area contributed by atoms with E-state index in [0.29, 0.717) is 10.7 Å². The zero-order valence-electron chi connectivity index (χ0n) is 20.0. The molecular weight excluding hydrogens is 444 g/mol. The van der Waals surface area contributed by atoms with Crippen LogP contribution in [0.3, 0.4) is 0 Å². The topological polar surface area (TPSA) is 51.4 Å². The molecule has 0 saturated heterocycles. The Morgan fingerprint density at radius 1 is 0.912 bits per heavy atom. The Labute approximate surface area is 204 Å². The van der Waals surface area contributed by atoms with E-state index in [9.17, 15) is 9.59 Å². The van der Waals surface area contributed by atoms with E-state index in [2.05, 4.69) is 11.1 Å². The second-order valence-electron chi connectivity index (χ2n) is 9.58. The molecule has 1 heterocycles. The van der Waals surface area contributed by atoms with Crippen LogP contribution in [0.5, 0.6) is 0 Å². The van der Waals surface area contributed by atoms with Crippen LogP contribution in [0.15, 0.2) is 82.6 Å². The van der Waals surface area contributed by atoms with Gasteiger partial charge in [-0.3, -0.25) is 9.59 Å². The second-order valence-corrected chi connectivity index (χ2v) is 10.0. The van der Waals surface area contributed by atoms with Gasteiger partial charge in [-0.15, -0.1) is 0 Å². The van der Waals surface area contributed by atoms with Gasteiger partial charge < -0.3 is 4.57 Å². The average Bonchev–Trinajstić information content (AvgIpc) is 2.79. The zero-order chi connectivity index (χ0) is 24.6. The van der Waals surface area contributed by atoms with Crippen molar-refractivity contribution in [1.82, 2.24) is 4.57 Å². The molecule has 0 spiro atoms. The number of hydrogen-bond donors (Lipinski definition) is 0. The summed E-state index contributed by atoms with van der Waals surface area (Å²) in [5, 5.41) is 1.52. The fourth-order valence-corrected chi connectivity index (χ4v) is 3.96. The van der Waals surface area contributed by atoms with Crippen LogP contribution in [0.25, 0.3) is 22.0 Å². The van der Waals surface area contributed by atoms with Gasteiger partial charge in [0.15, 0.2) is 0 Å². The van der Waals surface area contributed by atoms with Gasteiger partial charge >= 0.3 is 0 Å². The van der Waals surface area contributed by atoms with E-state index in [1.807, 2.05) is 76.2 Å². The number of amides is 1. The van der Waals surface area contributed by atoms with Crippen LogP contribution in [0.1, 0.15) is 37.5 Å². The Morgan fingerprint density at radius 2 is 1.59 bits per heavy atom. The molecule has 1 aromatic heterocycles. The first kappa shape index (κ1) is 23.7. The van der Waals surface area contributed by atoms with E-state index in [4.69, 9.17) is 11.6 Å². The number of carbonyl (C=O) groups is 1. The standard InChI is InChI=1S/C29H27ClN2O2/c1-18-7-6-8-20(15-18)23-17-26(33)32(5)25-14-11-21(16-24(23)25)27(31-28(34)29(2,3)4)19-9-12-22(30)13-10-19/h6-17H,1-5H3/b31-27+. The molecule has 34 heavy (non-hydrogen) atoms. The molecule has 0 N–H and O–H groups in total. The molecule has 4 aromatic rings. The molecule has 1 amide bonds. The minimum absolute atomic E-state index is 0.0775. The maximum Gasteiger partial charge on any atom is 0.251 e. The fourth-order valence-electron chi connectivity index (χ4n) is 3.83. The molecule has 0 saturated carbocycles. The van der Waals surface area contributed by atoms with Crippen LogP contribution in [0.2, 0.25) is 5.02 Å². The molecule has 5 heteroatoms. The molecule has 0 aliphatic rings. The van der Waals surface area contributed by atoms with Gasteiger partial charge in [-0.2, -0.15) is 0 Å². The van der Waals surface area contributed by atoms with Crippen LogP contribution >= 0.6 is 11.6 Å². The number of carbonyl (C=O) groups excluding carboxylic acids is 1. The van der Waals surface area contributed by atoms with E-state index in [1.54, 1.807) is 29.8 Å². The normalized spacial score (nSPS) is 12.2. The maximum atomic E-state index is 12.9. The quantitative estimate of drug-likeness (QED) is 0.317. The number of pyridine rings is 1. The lowest BCUT2D eigenvalue weighted by Gasteiger charge is -2.16. The lowest BCUT2D eigenvalue weighted by molar-refractivity contribution is -0.124. The SMILES string of the molecule is Cc1cccc(-c2cc(=O)n(C)c3ccc(/C(=N/C(=O)C(C)(C)C)c4ccc(Cl)cc4)cc23)c1. The fraction of sp³-hybridized carbons (Fsp3) is 0.207. The Bertz CT molecular complexity index is 1490. The summed E-state index contributed by atoms with van der Waals surface area (Å²) in [6.45, 7) is 7.58. The third kappa shape index (κ3) is 4.73. The largest absolute Gasteiger partial charge is 0.311 e. The summed E-state index contributed by atoms with van der Waals surface area (Å²) in [6, 6.07) is 22.9. The highest BCUT2D eigenvalue weighted by atomic mass is 35.5. The van der Waals surface area contributed by atoms with Crippen molar-refractivity contribution in [2.45, 2.75) is 27.7 Å². The van der Waals surface area contributed by atoms with Gasteiger partial charge in [0, 0.05) is 40.1 Å². The van der Waals surface area contributed by atoms with Gasteiger partial charge in [0.1, 0.15) is 0 Å². The van der Waals surface area contributed by atoms with Gasteiger partial charge in [0.05, 0.1) is 11.2 Å². The lowest BCUT2D eigenvalue weighted by atomic mass is 9.93. The van der Waals surface area contributed by atoms with Gasteiger partial charge in [0.2, 0.25) is 0 Å². The van der Waals surface area contributed by atoms with E-state index >= 15 is 0 Å². The summed E-state index contributed by atoms with van der Waals surface area (Å²) < 4.78 is 1.64. The van der Waals surface area contributed by atoms with Gasteiger partial charge in [0.25, 0.3) is 11.5 Å². The van der Waals surface area contributed by atoms with E-state index in [0.717, 1.165) is 38.7 Å². The summed E-state index contributed by atoms with van der Waals surface area (Å²) in [5.74, 6) is -0.211. The van der Waals surface area contributed by atoms with Gasteiger partial charge in [-0.25, -0.2) is 4.99 Å². The molecule has 3 aromatic carbocycles. The first-order chi connectivity index (χ1) is 16.0. The maximum absolute atomic E-state index is 12.9. The first-order valence-corrected chi connectivity index (χ1v) is 11.5. The highest BCUT2D eigenvalue weighted by Crippen LogP contribution is 2.30. The third-order valence-electron chi connectivity index (χ3n) is 5.82. The predicted octanol–water partition coefficient (Wildman–Crippen LogP) is 6.58. The number of halogens is 1. The van der Waals surface area contributed by atoms with Crippen molar-refractivity contribution in [3.05, 3.63) is 105 Å². The molecule has 0 fully saturated rings. The average molecular weight is 471 g/mol. The molecule has 172 valence electrons. The predicted molar refractivity (Wildman–Crippen MR) is 141 cm³/mol. The third-order valence-corrected chi connectivity index (χ3v) is 6.07. The molecule has 4 rings (SSSR count). The summed E-state index contributed by atoms with van der Waals surface area (Å²) in [6.07, 6.45) is 0. The van der Waals surface area contributed by atoms with Crippen molar-refractivity contribution in [2.24, 2.45) is 17.5 Å². The van der Waals surface area contributed by atoms with Crippen LogP contribution in [0, 0.1) is 12.3 Å². The van der Waals surface area contributed by atoms with E-state index in [1.165, 1.54) is 0 Å². The summed E-state index contributed by atoms with van der Waals surface area (Å²) in [5.41, 5.74) is 5.20. The molecular formula is C29H27ClN2O2. The van der Waals surface area contributed by atoms with Crippen molar-refractivity contribution in [2.75, 3.05) is 0 Å². The highest BCUT2D eigenvalue weighted by Gasteiger charge is 2.22. The number of rotatable bonds is 3. The van der Waals surface area contributed by atoms with E-state index < -0.39 is 5.41 Å². The zero-order valence-corrected chi connectivity index (χ0v) is 20.8. The van der Waals surface area contributed by atoms with Crippen molar-refractivity contribution in [1.29, 1.82) is 0 Å². The number of fused-ring (bicyclic) bond motifs is 1. The molecule has 0 aliphatic heterocycles. The number of nitrogens with zero attached hydrogens (tertiary/aromatic N) is 2. The van der Waals surface area contributed by atoms with Crippen molar-refractivity contribution >= 4 is 34.1 Å². The summed E-state index contributed by atoms with van der Waals surface area (Å²) in [7, 11) is 1.77. The number of aryl methyl sites for hydroxylation is 2. The van der Waals surface area contributed by atoms with E-state index in [-0.39, 0.29) is 11.5 Å². The Morgan fingerprint density at radius 3 is 2.24 bits per heavy atom. The number of aliphatic imine (C=N–C) groups is 1. The number of hydrogen-bond acceptors (Lipinski definition) is 2. The van der Waals surface area contributed by atoms with Crippen molar-refractivity contribution < 1.29 is 4.79 Å². The van der Waals surface area contributed by atoms with Crippen LogP contribution < -0.4 is 5.56 Å². The number of aromatic nitrogens is 1. The van der Waals surface area contributed by atoms with Gasteiger partial charge in [-0.05, 0) is 42.3 Å². The molecule has 0 aliphatic carbocycles. The van der Waals surface area contributed by atoms with Crippen LogP contribution in [-0.4, -0.2) is 16.2 Å². The minimum Gasteiger partial charge on any atom is -0.311 e. The lowest BCUT2D eigenvalue weighted by Crippen LogP contribution is -2.20. The van der Waals surface area contributed by atoms with Gasteiger partial charge in [-0.1, -0.05) is 80.4 Å². The second kappa shape index (κ2) is 9.03. The monoisotopic (exact) mass is 470 g/mol. The van der Waals surface area contributed by atoms with Crippen LogP contribution in [0.4, 0.5) is 0 Å². The highest BCUT2D eigenvalue weighted by molar-refractivity contribution is 6.30. The van der Waals surface area contributed by atoms with Crippen molar-refractivity contribution in [3.8, 4) is 11.1 Å². The smallest absolute Gasteiger partial charge is 0.251 e. The summed E-state index contributed by atoms with van der Waals surface area (Å²) in [4.78, 5) is 30.2. The summed E-state index contributed by atoms with van der Waals surface area (Å²) >= 11 is 6.11. The Hall–Kier alpha value is -3.50. The Kier molecular flexibility index (Phi) is 6.28. The molecule has 0 unspecified atom stereocenters. The minimum atomic E-state index is -0.620.